The summed E-state index contributed by atoms with van der Waals surface area (Å²) in [5, 5.41) is 0. The number of fused-ring (bicyclic) bond motifs is 4. The van der Waals surface area contributed by atoms with E-state index in [1.165, 1.54) is 58.3 Å². The van der Waals surface area contributed by atoms with Gasteiger partial charge in [0.1, 0.15) is 0 Å². The first-order valence-corrected chi connectivity index (χ1v) is 12.7. The van der Waals surface area contributed by atoms with Gasteiger partial charge in [0.2, 0.25) is 0 Å². The molecule has 0 heterocycles. The molecule has 0 aliphatic heterocycles. The lowest BCUT2D eigenvalue weighted by Crippen LogP contribution is -2.47. The van der Waals surface area contributed by atoms with E-state index in [2.05, 4.69) is 40.7 Å². The highest BCUT2D eigenvalue weighted by molar-refractivity contribution is 5.65. The summed E-state index contributed by atoms with van der Waals surface area (Å²) < 4.78 is 5.18. The normalized spacial score (nSPS) is 38.3. The number of carbonyl (C=O) groups is 1. The van der Waals surface area contributed by atoms with E-state index in [1.54, 1.807) is 11.1 Å². The molecule has 4 aliphatic carbocycles. The van der Waals surface area contributed by atoms with Crippen molar-refractivity contribution in [2.75, 3.05) is 6.61 Å². The van der Waals surface area contributed by atoms with Gasteiger partial charge in [0, 0.05) is 6.92 Å². The van der Waals surface area contributed by atoms with E-state index in [-0.39, 0.29) is 5.97 Å². The van der Waals surface area contributed by atoms with E-state index in [0.717, 1.165) is 24.7 Å². The van der Waals surface area contributed by atoms with Gasteiger partial charge < -0.3 is 4.74 Å². The van der Waals surface area contributed by atoms with Gasteiger partial charge >= 0.3 is 5.97 Å². The van der Waals surface area contributed by atoms with E-state index in [9.17, 15) is 4.79 Å². The number of hydrogen-bond acceptors (Lipinski definition) is 2. The van der Waals surface area contributed by atoms with Crippen molar-refractivity contribution in [1.82, 2.24) is 0 Å². The quantitative estimate of drug-likeness (QED) is 0.342. The molecule has 5 atom stereocenters. The summed E-state index contributed by atoms with van der Waals surface area (Å²) in [6.07, 6.45) is 15.6. The van der Waals surface area contributed by atoms with Crippen LogP contribution in [-0.2, 0) is 9.53 Å². The van der Waals surface area contributed by atoms with Gasteiger partial charge in [-0.15, -0.1) is 0 Å². The third-order valence-electron chi connectivity index (χ3n) is 9.99. The van der Waals surface area contributed by atoms with Crippen LogP contribution >= 0.6 is 0 Å². The minimum atomic E-state index is -0.152. The Balaban J connectivity index is 1.53. The molecule has 168 valence electrons. The largest absolute Gasteiger partial charge is 0.466 e. The molecule has 0 amide bonds. The molecule has 4 rings (SSSR count). The Morgan fingerprint density at radius 1 is 1.13 bits per heavy atom. The molecule has 0 unspecified atom stereocenters. The highest BCUT2D eigenvalue weighted by Gasteiger charge is 2.55. The zero-order valence-corrected chi connectivity index (χ0v) is 20.4. The van der Waals surface area contributed by atoms with Crippen molar-refractivity contribution in [3.05, 3.63) is 22.8 Å². The van der Waals surface area contributed by atoms with Crippen molar-refractivity contribution in [3.8, 4) is 0 Å². The van der Waals surface area contributed by atoms with Crippen molar-refractivity contribution >= 4 is 5.97 Å². The molecular formula is C28H44O2. The summed E-state index contributed by atoms with van der Waals surface area (Å²) in [6, 6.07) is 0. The number of allylic oxidation sites excluding steroid dienone is 4. The lowest BCUT2D eigenvalue weighted by Gasteiger charge is -2.58. The minimum Gasteiger partial charge on any atom is -0.466 e. The fourth-order valence-electron chi connectivity index (χ4n) is 8.50. The lowest BCUT2D eigenvalue weighted by molar-refractivity contribution is -0.141. The Morgan fingerprint density at radius 3 is 2.63 bits per heavy atom. The van der Waals surface area contributed by atoms with Gasteiger partial charge in [-0.2, -0.15) is 0 Å². The molecule has 0 aromatic heterocycles. The zero-order valence-electron chi connectivity index (χ0n) is 20.4. The first-order valence-electron chi connectivity index (χ1n) is 12.7. The molecule has 0 aromatic carbocycles. The molecule has 30 heavy (non-hydrogen) atoms. The second kappa shape index (κ2) is 7.82. The predicted molar refractivity (Wildman–Crippen MR) is 124 cm³/mol. The lowest BCUT2D eigenvalue weighted by atomic mass is 9.47. The van der Waals surface area contributed by atoms with Crippen LogP contribution in [0.3, 0.4) is 0 Å². The van der Waals surface area contributed by atoms with Gasteiger partial charge in [0.25, 0.3) is 0 Å². The predicted octanol–water partition coefficient (Wildman–Crippen LogP) is 7.64. The van der Waals surface area contributed by atoms with Crippen LogP contribution in [0.2, 0.25) is 0 Å². The number of ether oxygens (including phenoxy) is 1. The van der Waals surface area contributed by atoms with E-state index >= 15 is 0 Å². The monoisotopic (exact) mass is 412 g/mol. The standard InChI is InChI=1S/C28H44O2/c1-19(9-7-18-30-20(2)29)22-11-12-23-21-10-13-25-26(3,4)15-8-16-28(25,6)24(21)14-17-27(22,23)5/h12,19,22,25H,7-11,13-18H2,1-6H3/t19-,22-,25+,27-,28-/m1/s1. The highest BCUT2D eigenvalue weighted by atomic mass is 16.5. The smallest absolute Gasteiger partial charge is 0.302 e. The fourth-order valence-corrected chi connectivity index (χ4v) is 8.50. The van der Waals surface area contributed by atoms with Crippen LogP contribution in [0.1, 0.15) is 106 Å². The van der Waals surface area contributed by atoms with E-state index in [4.69, 9.17) is 4.74 Å². The van der Waals surface area contributed by atoms with Crippen molar-refractivity contribution in [3.63, 3.8) is 0 Å². The molecule has 4 aliphatic rings. The first kappa shape index (κ1) is 22.2. The molecule has 0 N–H and O–H groups in total. The fraction of sp³-hybridized carbons (Fsp3) is 0.821. The van der Waals surface area contributed by atoms with Gasteiger partial charge in [0.05, 0.1) is 6.61 Å². The summed E-state index contributed by atoms with van der Waals surface area (Å²) in [5.41, 5.74) is 6.67. The van der Waals surface area contributed by atoms with Crippen molar-refractivity contribution in [2.45, 2.75) is 106 Å². The topological polar surface area (TPSA) is 26.3 Å². The molecule has 0 bridgehead atoms. The summed E-state index contributed by atoms with van der Waals surface area (Å²) in [4.78, 5) is 11.0. The third-order valence-corrected chi connectivity index (χ3v) is 9.99. The maximum Gasteiger partial charge on any atom is 0.302 e. The molecule has 1 fully saturated rings. The SMILES string of the molecule is CC(=O)OCCC[C@@H](C)[C@H]1CC=C2C3=C(CC[C@@]21C)[C@@]1(C)CCCC(C)(C)[C@@H]1CC3. The molecular weight excluding hydrogens is 368 g/mol. The van der Waals surface area contributed by atoms with E-state index in [1.807, 2.05) is 5.57 Å². The molecule has 0 radical (unpaired) electrons. The number of carbonyl (C=O) groups excluding carboxylic acids is 1. The Bertz CT molecular complexity index is 757. The van der Waals surface area contributed by atoms with Crippen LogP contribution in [0.25, 0.3) is 0 Å². The maximum atomic E-state index is 11.0. The van der Waals surface area contributed by atoms with Crippen molar-refractivity contribution < 1.29 is 9.53 Å². The van der Waals surface area contributed by atoms with Gasteiger partial charge in [-0.25, -0.2) is 0 Å². The third kappa shape index (κ3) is 3.51. The van der Waals surface area contributed by atoms with Gasteiger partial charge in [-0.3, -0.25) is 4.79 Å². The van der Waals surface area contributed by atoms with Gasteiger partial charge in [0.15, 0.2) is 0 Å². The number of hydrogen-bond donors (Lipinski definition) is 0. The second-order valence-electron chi connectivity index (χ2n) is 12.1. The molecule has 0 saturated heterocycles. The molecule has 2 heteroatoms. The minimum absolute atomic E-state index is 0.152. The molecule has 0 aromatic rings. The summed E-state index contributed by atoms with van der Waals surface area (Å²) in [6.45, 7) is 14.8. The average Bonchev–Trinajstić information content (AvgIpc) is 3.01. The van der Waals surface area contributed by atoms with Gasteiger partial charge in [-0.1, -0.05) is 52.7 Å². The van der Waals surface area contributed by atoms with Crippen LogP contribution in [-0.4, -0.2) is 12.6 Å². The molecule has 2 nitrogen and oxygen atoms in total. The van der Waals surface area contributed by atoms with E-state index in [0.29, 0.717) is 28.8 Å². The average molecular weight is 413 g/mol. The summed E-state index contributed by atoms with van der Waals surface area (Å²) in [7, 11) is 0. The second-order valence-corrected chi connectivity index (χ2v) is 12.1. The molecule has 0 spiro atoms. The van der Waals surface area contributed by atoms with Gasteiger partial charge in [-0.05, 0) is 103 Å². The van der Waals surface area contributed by atoms with Crippen molar-refractivity contribution in [2.24, 2.45) is 34.0 Å². The molecule has 1 saturated carbocycles. The maximum absolute atomic E-state index is 11.0. The van der Waals surface area contributed by atoms with Crippen LogP contribution in [0, 0.1) is 34.0 Å². The Morgan fingerprint density at radius 2 is 1.90 bits per heavy atom. The highest BCUT2D eigenvalue weighted by Crippen LogP contribution is 2.66. The van der Waals surface area contributed by atoms with Crippen LogP contribution < -0.4 is 0 Å². The number of esters is 1. The zero-order chi connectivity index (χ0) is 21.7. The van der Waals surface area contributed by atoms with E-state index < -0.39 is 0 Å². The van der Waals surface area contributed by atoms with Crippen LogP contribution in [0.4, 0.5) is 0 Å². The number of rotatable bonds is 5. The summed E-state index contributed by atoms with van der Waals surface area (Å²) >= 11 is 0. The Hall–Kier alpha value is -1.05. The first-order chi connectivity index (χ1) is 14.1. The summed E-state index contributed by atoms with van der Waals surface area (Å²) in [5.74, 6) is 2.13. The van der Waals surface area contributed by atoms with Crippen LogP contribution in [0.15, 0.2) is 22.8 Å². The Labute approximate surface area is 184 Å². The van der Waals surface area contributed by atoms with Crippen LogP contribution in [0.5, 0.6) is 0 Å². The van der Waals surface area contributed by atoms with Crippen molar-refractivity contribution in [1.29, 1.82) is 0 Å². The Kier molecular flexibility index (Phi) is 5.78.